The number of likely N-dealkylation sites (tertiary alicyclic amines) is 1. The maximum Gasteiger partial charge on any atom is 0.272 e. The van der Waals surface area contributed by atoms with Gasteiger partial charge in [-0.3, -0.25) is 19.5 Å². The average molecular weight is 435 g/mol. The molecule has 0 spiro atoms. The van der Waals surface area contributed by atoms with E-state index < -0.39 is 17.5 Å². The van der Waals surface area contributed by atoms with Gasteiger partial charge in [0.05, 0.1) is 12.3 Å². The summed E-state index contributed by atoms with van der Waals surface area (Å²) < 4.78 is 0. The Labute approximate surface area is 189 Å². The van der Waals surface area contributed by atoms with E-state index in [0.717, 1.165) is 12.1 Å². The molecule has 0 radical (unpaired) electrons. The van der Waals surface area contributed by atoms with E-state index in [1.54, 1.807) is 0 Å². The molecule has 1 aliphatic rings. The molecule has 1 saturated heterocycles. The number of amides is 2. The van der Waals surface area contributed by atoms with Crippen molar-refractivity contribution in [2.45, 2.75) is 51.7 Å². The fourth-order valence-corrected chi connectivity index (χ4v) is 3.88. The van der Waals surface area contributed by atoms with Gasteiger partial charge in [-0.2, -0.15) is 5.26 Å². The van der Waals surface area contributed by atoms with Crippen molar-refractivity contribution in [2.75, 3.05) is 13.1 Å². The smallest absolute Gasteiger partial charge is 0.272 e. The highest BCUT2D eigenvalue weighted by Gasteiger charge is 2.41. The second kappa shape index (κ2) is 9.88. The van der Waals surface area contributed by atoms with Gasteiger partial charge in [0.2, 0.25) is 5.91 Å². The van der Waals surface area contributed by atoms with Gasteiger partial charge in [0.15, 0.2) is 0 Å². The van der Waals surface area contributed by atoms with Crippen molar-refractivity contribution in [1.82, 2.24) is 25.5 Å². The lowest BCUT2D eigenvalue weighted by molar-refractivity contribution is -0.125. The highest BCUT2D eigenvalue weighted by molar-refractivity contribution is 5.96. The Bertz CT molecular complexity index is 967. The monoisotopic (exact) mass is 434 g/mol. The SMILES string of the molecule is CC(C)(C)CC(NC(=O)c1cnccn1)C(=O)NC1(C#N)CCN(Cc2ccccc2)C1. The van der Waals surface area contributed by atoms with Crippen molar-refractivity contribution in [3.8, 4) is 6.07 Å². The molecule has 0 aliphatic carbocycles. The molecule has 0 saturated carbocycles. The third-order valence-electron chi connectivity index (χ3n) is 5.41. The Morgan fingerprint density at radius 1 is 1.25 bits per heavy atom. The van der Waals surface area contributed by atoms with Gasteiger partial charge in [-0.25, -0.2) is 4.98 Å². The summed E-state index contributed by atoms with van der Waals surface area (Å²) in [4.78, 5) is 35.9. The number of hydrogen-bond donors (Lipinski definition) is 2. The number of carbonyl (C=O) groups excluding carboxylic acids is 2. The van der Waals surface area contributed by atoms with Crippen molar-refractivity contribution < 1.29 is 9.59 Å². The minimum absolute atomic E-state index is 0.143. The van der Waals surface area contributed by atoms with Gasteiger partial charge < -0.3 is 10.6 Å². The quantitative estimate of drug-likeness (QED) is 0.692. The van der Waals surface area contributed by atoms with Crippen LogP contribution in [0.1, 0.15) is 49.7 Å². The van der Waals surface area contributed by atoms with Gasteiger partial charge in [-0.1, -0.05) is 51.1 Å². The lowest BCUT2D eigenvalue weighted by Gasteiger charge is -2.30. The molecule has 2 amide bonds. The first kappa shape index (κ1) is 23.4. The van der Waals surface area contributed by atoms with E-state index >= 15 is 0 Å². The Morgan fingerprint density at radius 2 is 2.00 bits per heavy atom. The van der Waals surface area contributed by atoms with Crippen LogP contribution in [-0.2, 0) is 11.3 Å². The molecule has 1 fully saturated rings. The minimum Gasteiger partial charge on any atom is -0.339 e. The highest BCUT2D eigenvalue weighted by Crippen LogP contribution is 2.25. The molecule has 3 rings (SSSR count). The molecule has 2 unspecified atom stereocenters. The van der Waals surface area contributed by atoms with Gasteiger partial charge in [0, 0.05) is 32.0 Å². The molecule has 2 heterocycles. The maximum atomic E-state index is 13.2. The van der Waals surface area contributed by atoms with Gasteiger partial charge in [0.1, 0.15) is 17.3 Å². The van der Waals surface area contributed by atoms with Crippen molar-refractivity contribution in [2.24, 2.45) is 5.41 Å². The number of hydrogen-bond acceptors (Lipinski definition) is 6. The number of rotatable bonds is 7. The largest absolute Gasteiger partial charge is 0.339 e. The number of carbonyl (C=O) groups is 2. The molecule has 1 aromatic carbocycles. The molecule has 168 valence electrons. The topological polar surface area (TPSA) is 111 Å². The molecule has 8 heteroatoms. The lowest BCUT2D eigenvalue weighted by Crippen LogP contribution is -2.56. The number of nitriles is 1. The lowest BCUT2D eigenvalue weighted by atomic mass is 9.87. The van der Waals surface area contributed by atoms with E-state index in [9.17, 15) is 14.9 Å². The zero-order chi connectivity index (χ0) is 23.2. The van der Waals surface area contributed by atoms with Gasteiger partial charge in [-0.05, 0) is 23.8 Å². The van der Waals surface area contributed by atoms with Gasteiger partial charge in [0.25, 0.3) is 5.91 Å². The van der Waals surface area contributed by atoms with Crippen LogP contribution in [-0.4, -0.2) is 51.4 Å². The van der Waals surface area contributed by atoms with E-state index in [2.05, 4.69) is 31.6 Å². The summed E-state index contributed by atoms with van der Waals surface area (Å²) in [6.45, 7) is 7.86. The number of nitrogens with one attached hydrogen (secondary N) is 2. The Hall–Kier alpha value is -3.31. The Morgan fingerprint density at radius 3 is 2.62 bits per heavy atom. The van der Waals surface area contributed by atoms with E-state index in [0.29, 0.717) is 25.9 Å². The summed E-state index contributed by atoms with van der Waals surface area (Å²) >= 11 is 0. The number of benzene rings is 1. The molecule has 2 aromatic rings. The first-order chi connectivity index (χ1) is 15.2. The summed E-state index contributed by atoms with van der Waals surface area (Å²) in [6, 6.07) is 11.6. The van der Waals surface area contributed by atoms with E-state index in [1.165, 1.54) is 18.6 Å². The highest BCUT2D eigenvalue weighted by atomic mass is 16.2. The molecule has 8 nitrogen and oxygen atoms in total. The first-order valence-electron chi connectivity index (χ1n) is 10.8. The third-order valence-corrected chi connectivity index (χ3v) is 5.41. The summed E-state index contributed by atoms with van der Waals surface area (Å²) in [5.74, 6) is -0.828. The van der Waals surface area contributed by atoms with Crippen LogP contribution < -0.4 is 10.6 Å². The molecule has 32 heavy (non-hydrogen) atoms. The molecule has 0 bridgehead atoms. The Balaban J connectivity index is 1.69. The molecule has 1 aliphatic heterocycles. The zero-order valence-electron chi connectivity index (χ0n) is 18.8. The molecular weight excluding hydrogens is 404 g/mol. The molecule has 2 atom stereocenters. The van der Waals surface area contributed by atoms with E-state index in [1.807, 2.05) is 51.1 Å². The van der Waals surface area contributed by atoms with Crippen LogP contribution in [0.15, 0.2) is 48.9 Å². The van der Waals surface area contributed by atoms with Crippen LogP contribution in [0.4, 0.5) is 0 Å². The van der Waals surface area contributed by atoms with Gasteiger partial charge >= 0.3 is 0 Å². The number of nitrogens with zero attached hydrogens (tertiary/aromatic N) is 4. The van der Waals surface area contributed by atoms with Crippen LogP contribution in [0, 0.1) is 16.7 Å². The van der Waals surface area contributed by atoms with Crippen molar-refractivity contribution in [3.05, 3.63) is 60.2 Å². The number of aromatic nitrogens is 2. The standard InChI is InChI=1S/C24H30N6O2/c1-23(2,3)13-19(28-21(31)20-14-26-10-11-27-20)22(32)29-24(16-25)9-12-30(17-24)15-18-7-5-4-6-8-18/h4-8,10-11,14,19H,9,12-13,15,17H2,1-3H3,(H,28,31)(H,29,32). The van der Waals surface area contributed by atoms with Crippen molar-refractivity contribution in [3.63, 3.8) is 0 Å². The normalized spacial score (nSPS) is 19.7. The van der Waals surface area contributed by atoms with Crippen LogP contribution in [0.5, 0.6) is 0 Å². The molecule has 1 aromatic heterocycles. The van der Waals surface area contributed by atoms with E-state index in [4.69, 9.17) is 0 Å². The van der Waals surface area contributed by atoms with E-state index in [-0.39, 0.29) is 17.0 Å². The summed E-state index contributed by atoms with van der Waals surface area (Å²) in [6.07, 6.45) is 5.21. The second-order valence-electron chi connectivity index (χ2n) is 9.51. The fraction of sp³-hybridized carbons (Fsp3) is 0.458. The Kier molecular flexibility index (Phi) is 7.21. The molecule has 2 N–H and O–H groups in total. The van der Waals surface area contributed by atoms with Crippen molar-refractivity contribution >= 4 is 11.8 Å². The fourth-order valence-electron chi connectivity index (χ4n) is 3.88. The van der Waals surface area contributed by atoms with Crippen LogP contribution >= 0.6 is 0 Å². The predicted molar refractivity (Wildman–Crippen MR) is 120 cm³/mol. The third kappa shape index (κ3) is 6.34. The van der Waals surface area contributed by atoms with Crippen molar-refractivity contribution in [1.29, 1.82) is 5.26 Å². The van der Waals surface area contributed by atoms with Crippen LogP contribution in [0.25, 0.3) is 0 Å². The average Bonchev–Trinajstić information content (AvgIpc) is 3.16. The second-order valence-corrected chi connectivity index (χ2v) is 9.51. The summed E-state index contributed by atoms with van der Waals surface area (Å²) in [7, 11) is 0. The summed E-state index contributed by atoms with van der Waals surface area (Å²) in [5.41, 5.74) is 0.102. The summed E-state index contributed by atoms with van der Waals surface area (Å²) in [5, 5.41) is 15.7. The van der Waals surface area contributed by atoms with Crippen LogP contribution in [0.3, 0.4) is 0 Å². The molecular formula is C24H30N6O2. The zero-order valence-corrected chi connectivity index (χ0v) is 18.8. The maximum absolute atomic E-state index is 13.2. The first-order valence-corrected chi connectivity index (χ1v) is 10.8. The van der Waals surface area contributed by atoms with Crippen LogP contribution in [0.2, 0.25) is 0 Å². The minimum atomic E-state index is -0.987. The van der Waals surface area contributed by atoms with Gasteiger partial charge in [-0.15, -0.1) is 0 Å². The predicted octanol–water partition coefficient (Wildman–Crippen LogP) is 2.30.